The summed E-state index contributed by atoms with van der Waals surface area (Å²) in [6.07, 6.45) is 0. The second-order valence-corrected chi connectivity index (χ2v) is 9.12. The van der Waals surface area contributed by atoms with E-state index in [1.165, 1.54) is 0 Å². The van der Waals surface area contributed by atoms with Crippen LogP contribution in [0.1, 0.15) is 6.92 Å². The molecule has 0 saturated carbocycles. The van der Waals surface area contributed by atoms with Crippen molar-refractivity contribution in [3.05, 3.63) is 91.0 Å². The lowest BCUT2D eigenvalue weighted by atomic mass is 10.3. The highest BCUT2D eigenvalue weighted by Crippen LogP contribution is 2.15. The molecule has 3 rings (SSSR count). The van der Waals surface area contributed by atoms with E-state index in [0.29, 0.717) is 26.4 Å². The van der Waals surface area contributed by atoms with Crippen molar-refractivity contribution in [2.24, 2.45) is 0 Å². The summed E-state index contributed by atoms with van der Waals surface area (Å²) in [5.41, 5.74) is 0. The number of para-hydroxylation sites is 3. The predicted octanol–water partition coefficient (Wildman–Crippen LogP) is 4.75. The summed E-state index contributed by atoms with van der Waals surface area (Å²) in [7, 11) is -3.45. The van der Waals surface area contributed by atoms with Crippen LogP contribution in [-0.4, -0.2) is 55.3 Å². The Bertz CT molecular complexity index is 781. The van der Waals surface area contributed by atoms with E-state index in [1.54, 1.807) is 0 Å². The summed E-state index contributed by atoms with van der Waals surface area (Å²) in [6, 6.07) is 28.7. The van der Waals surface area contributed by atoms with Crippen molar-refractivity contribution in [1.29, 1.82) is 0 Å². The van der Waals surface area contributed by atoms with E-state index in [4.69, 9.17) is 31.9 Å². The molecule has 34 heavy (non-hydrogen) atoms. The molecule has 0 N–H and O–H groups in total. The largest absolute Gasteiger partial charge is 0.680 e. The first kappa shape index (κ1) is 25.7. The maximum atomic E-state index is 6.03. The van der Waals surface area contributed by atoms with Crippen molar-refractivity contribution in [2.45, 2.75) is 6.92 Å². The van der Waals surface area contributed by atoms with Crippen LogP contribution in [0.3, 0.4) is 0 Å². The monoisotopic (exact) mass is 484 g/mol. The van der Waals surface area contributed by atoms with Gasteiger partial charge in [0.2, 0.25) is 0 Å². The Morgan fingerprint density at radius 1 is 0.441 bits per heavy atom. The number of rotatable bonds is 17. The molecular formula is C26H32O7Si. The molecule has 0 saturated heterocycles. The van der Waals surface area contributed by atoms with Gasteiger partial charge in [0.05, 0.1) is 19.8 Å². The van der Waals surface area contributed by atoms with Crippen LogP contribution in [0.15, 0.2) is 91.0 Å². The minimum Gasteiger partial charge on any atom is -0.491 e. The topological polar surface area (TPSA) is 64.6 Å². The standard InChI is InChI=1S/C26H32O7Si/c1-2-30-34(31-21-18-27-24-12-6-3-7-13-24,32-22-19-28-25-14-8-4-9-15-25)33-23-20-29-26-16-10-5-11-17-26/h3-17H,2,18-23H2,1H3. The van der Waals surface area contributed by atoms with E-state index in [-0.39, 0.29) is 19.8 Å². The molecule has 0 unspecified atom stereocenters. The molecule has 3 aromatic rings. The summed E-state index contributed by atoms with van der Waals surface area (Å²) in [6.45, 7) is 4.00. The summed E-state index contributed by atoms with van der Waals surface area (Å²) in [4.78, 5) is 0. The zero-order valence-corrected chi connectivity index (χ0v) is 20.5. The molecule has 3 aromatic carbocycles. The van der Waals surface area contributed by atoms with Gasteiger partial charge in [0.1, 0.15) is 37.1 Å². The Kier molecular flexibility index (Phi) is 11.4. The van der Waals surface area contributed by atoms with Gasteiger partial charge >= 0.3 is 9.05 Å². The van der Waals surface area contributed by atoms with Crippen LogP contribution >= 0.6 is 0 Å². The van der Waals surface area contributed by atoms with E-state index in [1.807, 2.05) is 97.9 Å². The van der Waals surface area contributed by atoms with Gasteiger partial charge in [0, 0.05) is 6.61 Å². The SMILES string of the molecule is CCO[Si](OCCOc1ccccc1)(OCCOc1ccccc1)OCCOc1ccccc1. The fourth-order valence-electron chi connectivity index (χ4n) is 2.96. The average Bonchev–Trinajstić information content (AvgIpc) is 2.89. The third kappa shape index (κ3) is 9.54. The molecule has 0 aliphatic heterocycles. The Balaban J connectivity index is 1.51. The number of ether oxygens (including phenoxy) is 3. The van der Waals surface area contributed by atoms with Crippen molar-refractivity contribution >= 4 is 9.05 Å². The zero-order chi connectivity index (χ0) is 23.7. The average molecular weight is 485 g/mol. The lowest BCUT2D eigenvalue weighted by Crippen LogP contribution is -2.51. The molecule has 0 bridgehead atoms. The highest BCUT2D eigenvalue weighted by atomic mass is 28.4. The molecule has 8 heteroatoms. The second kappa shape index (κ2) is 15.1. The maximum Gasteiger partial charge on any atom is 0.680 e. The van der Waals surface area contributed by atoms with Crippen molar-refractivity contribution < 1.29 is 31.9 Å². The van der Waals surface area contributed by atoms with Gasteiger partial charge in [-0.25, -0.2) is 0 Å². The molecule has 0 fully saturated rings. The van der Waals surface area contributed by atoms with Crippen molar-refractivity contribution in [3.63, 3.8) is 0 Å². The Hall–Kier alpha value is -2.88. The van der Waals surface area contributed by atoms with Crippen LogP contribution in [0.2, 0.25) is 0 Å². The molecule has 182 valence electrons. The first-order valence-corrected chi connectivity index (χ1v) is 13.0. The first-order chi connectivity index (χ1) is 16.8. The minimum atomic E-state index is -3.45. The number of benzene rings is 3. The van der Waals surface area contributed by atoms with Gasteiger partial charge in [-0.3, -0.25) is 0 Å². The Morgan fingerprint density at radius 3 is 1.06 bits per heavy atom. The molecule has 7 nitrogen and oxygen atoms in total. The minimum absolute atomic E-state index is 0.250. The molecule has 0 spiro atoms. The fraction of sp³-hybridized carbons (Fsp3) is 0.308. The number of hydrogen-bond acceptors (Lipinski definition) is 7. The Labute approximate surface area is 202 Å². The van der Waals surface area contributed by atoms with Gasteiger partial charge in [-0.15, -0.1) is 0 Å². The summed E-state index contributed by atoms with van der Waals surface area (Å²) >= 11 is 0. The van der Waals surface area contributed by atoms with E-state index in [9.17, 15) is 0 Å². The maximum absolute atomic E-state index is 6.03. The lowest BCUT2D eigenvalue weighted by Gasteiger charge is -2.27. The highest BCUT2D eigenvalue weighted by Gasteiger charge is 2.45. The van der Waals surface area contributed by atoms with E-state index >= 15 is 0 Å². The summed E-state index contributed by atoms with van der Waals surface area (Å²) < 4.78 is 41.2. The van der Waals surface area contributed by atoms with Crippen molar-refractivity contribution in [2.75, 3.05) is 46.2 Å². The third-order valence-electron chi connectivity index (χ3n) is 4.44. The molecule has 0 aromatic heterocycles. The van der Waals surface area contributed by atoms with E-state index in [2.05, 4.69) is 0 Å². The fourth-order valence-corrected chi connectivity index (χ4v) is 4.81. The van der Waals surface area contributed by atoms with Crippen LogP contribution in [0.5, 0.6) is 17.2 Å². The predicted molar refractivity (Wildman–Crippen MR) is 131 cm³/mol. The van der Waals surface area contributed by atoms with Gasteiger partial charge in [-0.1, -0.05) is 54.6 Å². The van der Waals surface area contributed by atoms with Crippen LogP contribution < -0.4 is 14.2 Å². The molecule has 0 heterocycles. The number of hydrogen-bond donors (Lipinski definition) is 0. The quantitative estimate of drug-likeness (QED) is 0.202. The Morgan fingerprint density at radius 2 is 0.765 bits per heavy atom. The van der Waals surface area contributed by atoms with Crippen LogP contribution in [-0.2, 0) is 17.7 Å². The van der Waals surface area contributed by atoms with Gasteiger partial charge < -0.3 is 31.9 Å². The zero-order valence-electron chi connectivity index (χ0n) is 19.5. The summed E-state index contributed by atoms with van der Waals surface area (Å²) in [5.74, 6) is 2.30. The van der Waals surface area contributed by atoms with Gasteiger partial charge in [0.25, 0.3) is 0 Å². The molecule has 0 amide bonds. The molecular weight excluding hydrogens is 452 g/mol. The van der Waals surface area contributed by atoms with Crippen LogP contribution in [0.4, 0.5) is 0 Å². The highest BCUT2D eigenvalue weighted by molar-refractivity contribution is 6.53. The molecule has 0 aliphatic rings. The van der Waals surface area contributed by atoms with Crippen LogP contribution in [0, 0.1) is 0 Å². The second-order valence-electron chi connectivity index (χ2n) is 6.96. The lowest BCUT2D eigenvalue weighted by molar-refractivity contribution is -0.0448. The van der Waals surface area contributed by atoms with E-state index in [0.717, 1.165) is 17.2 Å². The van der Waals surface area contributed by atoms with Crippen molar-refractivity contribution in [1.82, 2.24) is 0 Å². The molecule has 0 radical (unpaired) electrons. The van der Waals surface area contributed by atoms with Crippen LogP contribution in [0.25, 0.3) is 0 Å². The normalized spacial score (nSPS) is 11.2. The molecule has 0 aliphatic carbocycles. The first-order valence-electron chi connectivity index (χ1n) is 11.4. The summed E-state index contributed by atoms with van der Waals surface area (Å²) in [5, 5.41) is 0. The smallest absolute Gasteiger partial charge is 0.491 e. The van der Waals surface area contributed by atoms with Gasteiger partial charge in [0.15, 0.2) is 0 Å². The molecule has 0 atom stereocenters. The van der Waals surface area contributed by atoms with Gasteiger partial charge in [-0.2, -0.15) is 0 Å². The van der Waals surface area contributed by atoms with Gasteiger partial charge in [-0.05, 0) is 43.3 Å². The third-order valence-corrected chi connectivity index (χ3v) is 6.76. The van der Waals surface area contributed by atoms with Crippen molar-refractivity contribution in [3.8, 4) is 17.2 Å². The van der Waals surface area contributed by atoms with E-state index < -0.39 is 9.05 Å².